The molecule has 3 rings (SSSR count). The predicted octanol–water partition coefficient (Wildman–Crippen LogP) is 2.45. The lowest BCUT2D eigenvalue weighted by molar-refractivity contribution is 1.04. The molecule has 4 nitrogen and oxygen atoms in total. The van der Waals surface area contributed by atoms with E-state index in [2.05, 4.69) is 15.2 Å². The van der Waals surface area contributed by atoms with E-state index in [4.69, 9.17) is 18.0 Å². The first-order valence-corrected chi connectivity index (χ1v) is 6.31. The summed E-state index contributed by atoms with van der Waals surface area (Å²) in [5, 5.41) is 8.47. The SMILES string of the molecule is NC(=S)Cc1[nH]nc2c(-c3ccncc3)cccc12. The third kappa shape index (κ3) is 2.20. The Labute approximate surface area is 115 Å². The number of benzene rings is 1. The van der Waals surface area contributed by atoms with E-state index in [9.17, 15) is 0 Å². The van der Waals surface area contributed by atoms with Gasteiger partial charge in [0.1, 0.15) is 5.52 Å². The van der Waals surface area contributed by atoms with E-state index in [0.717, 1.165) is 27.7 Å². The summed E-state index contributed by atoms with van der Waals surface area (Å²) in [5.41, 5.74) is 9.65. The van der Waals surface area contributed by atoms with E-state index in [0.29, 0.717) is 11.4 Å². The van der Waals surface area contributed by atoms with Crippen LogP contribution in [0.4, 0.5) is 0 Å². The molecule has 0 unspecified atom stereocenters. The van der Waals surface area contributed by atoms with Gasteiger partial charge in [-0.1, -0.05) is 30.4 Å². The quantitative estimate of drug-likeness (QED) is 0.716. The summed E-state index contributed by atoms with van der Waals surface area (Å²) in [6.07, 6.45) is 4.08. The minimum Gasteiger partial charge on any atom is -0.393 e. The first kappa shape index (κ1) is 11.8. The van der Waals surface area contributed by atoms with Crippen LogP contribution < -0.4 is 5.73 Å². The van der Waals surface area contributed by atoms with Gasteiger partial charge in [-0.25, -0.2) is 0 Å². The van der Waals surface area contributed by atoms with Gasteiger partial charge in [-0.15, -0.1) is 0 Å². The van der Waals surface area contributed by atoms with Gasteiger partial charge in [0.05, 0.1) is 4.99 Å². The molecule has 0 saturated carbocycles. The summed E-state index contributed by atoms with van der Waals surface area (Å²) in [6, 6.07) is 10.0. The van der Waals surface area contributed by atoms with Gasteiger partial charge in [0.25, 0.3) is 0 Å². The molecule has 0 amide bonds. The van der Waals surface area contributed by atoms with Crippen molar-refractivity contribution in [1.29, 1.82) is 0 Å². The second kappa shape index (κ2) is 4.78. The lowest BCUT2D eigenvalue weighted by Crippen LogP contribution is -2.11. The molecule has 3 aromatic rings. The summed E-state index contributed by atoms with van der Waals surface area (Å²) >= 11 is 4.95. The highest BCUT2D eigenvalue weighted by Gasteiger charge is 2.10. The van der Waals surface area contributed by atoms with Crippen molar-refractivity contribution >= 4 is 28.1 Å². The van der Waals surface area contributed by atoms with Gasteiger partial charge in [-0.3, -0.25) is 10.1 Å². The van der Waals surface area contributed by atoms with Crippen LogP contribution in [0.5, 0.6) is 0 Å². The largest absolute Gasteiger partial charge is 0.393 e. The maximum absolute atomic E-state index is 5.60. The number of hydrogen-bond donors (Lipinski definition) is 2. The van der Waals surface area contributed by atoms with Gasteiger partial charge < -0.3 is 5.73 Å². The van der Waals surface area contributed by atoms with Crippen molar-refractivity contribution in [3.8, 4) is 11.1 Å². The summed E-state index contributed by atoms with van der Waals surface area (Å²) in [6.45, 7) is 0. The van der Waals surface area contributed by atoms with Crippen LogP contribution in [0.15, 0.2) is 42.7 Å². The van der Waals surface area contributed by atoms with Crippen LogP contribution >= 0.6 is 12.2 Å². The van der Waals surface area contributed by atoms with Crippen molar-refractivity contribution < 1.29 is 0 Å². The van der Waals surface area contributed by atoms with Crippen LogP contribution in [-0.2, 0) is 6.42 Å². The van der Waals surface area contributed by atoms with Gasteiger partial charge in [-0.05, 0) is 17.7 Å². The molecule has 0 aliphatic heterocycles. The van der Waals surface area contributed by atoms with Crippen LogP contribution in [-0.4, -0.2) is 20.2 Å². The maximum Gasteiger partial charge on any atom is 0.100 e. The zero-order valence-corrected chi connectivity index (χ0v) is 10.9. The summed E-state index contributed by atoms with van der Waals surface area (Å²) in [4.78, 5) is 4.49. The van der Waals surface area contributed by atoms with E-state index >= 15 is 0 Å². The fourth-order valence-electron chi connectivity index (χ4n) is 2.16. The fourth-order valence-corrected chi connectivity index (χ4v) is 2.31. The van der Waals surface area contributed by atoms with E-state index < -0.39 is 0 Å². The predicted molar refractivity (Wildman–Crippen MR) is 79.8 cm³/mol. The van der Waals surface area contributed by atoms with E-state index in [1.807, 2.05) is 30.3 Å². The first-order valence-electron chi connectivity index (χ1n) is 5.90. The Morgan fingerprint density at radius 2 is 2.00 bits per heavy atom. The molecule has 0 spiro atoms. The normalized spacial score (nSPS) is 10.7. The Kier molecular flexibility index (Phi) is 2.97. The Morgan fingerprint density at radius 3 is 2.74 bits per heavy atom. The number of aromatic nitrogens is 3. The van der Waals surface area contributed by atoms with E-state index in [-0.39, 0.29) is 0 Å². The molecule has 19 heavy (non-hydrogen) atoms. The Morgan fingerprint density at radius 1 is 1.21 bits per heavy atom. The van der Waals surface area contributed by atoms with Crippen molar-refractivity contribution in [2.24, 2.45) is 5.73 Å². The van der Waals surface area contributed by atoms with E-state index in [1.54, 1.807) is 12.4 Å². The minimum atomic E-state index is 0.458. The van der Waals surface area contributed by atoms with Crippen molar-refractivity contribution in [3.05, 3.63) is 48.4 Å². The standard InChI is InChI=1S/C14H12N4S/c15-13(19)8-12-11-3-1-2-10(14(11)18-17-12)9-4-6-16-7-5-9/h1-7H,8H2,(H2,15,19)(H,17,18). The molecule has 0 bridgehead atoms. The third-order valence-corrected chi connectivity index (χ3v) is 3.15. The number of nitrogens with one attached hydrogen (secondary N) is 1. The topological polar surface area (TPSA) is 67.6 Å². The number of nitrogens with two attached hydrogens (primary N) is 1. The number of aromatic amines is 1. The zero-order valence-electron chi connectivity index (χ0n) is 10.1. The lowest BCUT2D eigenvalue weighted by Gasteiger charge is -2.02. The Balaban J connectivity index is 2.18. The Bertz CT molecular complexity index is 734. The van der Waals surface area contributed by atoms with E-state index in [1.165, 1.54) is 0 Å². The van der Waals surface area contributed by atoms with Crippen LogP contribution in [0.2, 0.25) is 0 Å². The maximum atomic E-state index is 5.60. The molecule has 94 valence electrons. The molecule has 1 aromatic carbocycles. The fraction of sp³-hybridized carbons (Fsp3) is 0.0714. The molecule has 0 fully saturated rings. The number of thiocarbonyl (C=S) groups is 1. The number of H-pyrrole nitrogens is 1. The third-order valence-electron chi connectivity index (χ3n) is 3.01. The van der Waals surface area contributed by atoms with Crippen LogP contribution in [0.25, 0.3) is 22.0 Å². The van der Waals surface area contributed by atoms with Crippen molar-refractivity contribution in [2.75, 3.05) is 0 Å². The molecule has 0 aliphatic rings. The number of hydrogen-bond acceptors (Lipinski definition) is 3. The molecule has 0 saturated heterocycles. The van der Waals surface area contributed by atoms with Gasteiger partial charge in [-0.2, -0.15) is 5.10 Å². The lowest BCUT2D eigenvalue weighted by atomic mass is 10.0. The van der Waals surface area contributed by atoms with Crippen LogP contribution in [0.1, 0.15) is 5.69 Å². The molecule has 5 heteroatoms. The molecule has 2 heterocycles. The molecular formula is C14H12N4S. The summed E-state index contributed by atoms with van der Waals surface area (Å²) in [7, 11) is 0. The number of nitrogens with zero attached hydrogens (tertiary/aromatic N) is 2. The van der Waals surface area contributed by atoms with Crippen molar-refractivity contribution in [3.63, 3.8) is 0 Å². The number of fused-ring (bicyclic) bond motifs is 1. The average molecular weight is 268 g/mol. The monoisotopic (exact) mass is 268 g/mol. The highest BCUT2D eigenvalue weighted by atomic mass is 32.1. The number of rotatable bonds is 3. The molecule has 0 radical (unpaired) electrons. The molecule has 0 aliphatic carbocycles. The summed E-state index contributed by atoms with van der Waals surface area (Å²) < 4.78 is 0. The van der Waals surface area contributed by atoms with Crippen molar-refractivity contribution in [2.45, 2.75) is 6.42 Å². The second-order valence-corrected chi connectivity index (χ2v) is 4.81. The first-order chi connectivity index (χ1) is 9.25. The van der Waals surface area contributed by atoms with Gasteiger partial charge in [0.2, 0.25) is 0 Å². The zero-order chi connectivity index (χ0) is 13.2. The highest BCUT2D eigenvalue weighted by molar-refractivity contribution is 7.80. The average Bonchev–Trinajstić information content (AvgIpc) is 2.82. The molecule has 0 atom stereocenters. The smallest absolute Gasteiger partial charge is 0.100 e. The number of pyridine rings is 1. The van der Waals surface area contributed by atoms with Gasteiger partial charge >= 0.3 is 0 Å². The number of para-hydroxylation sites is 1. The van der Waals surface area contributed by atoms with Crippen LogP contribution in [0.3, 0.4) is 0 Å². The second-order valence-electron chi connectivity index (χ2n) is 4.28. The van der Waals surface area contributed by atoms with Crippen LogP contribution in [0, 0.1) is 0 Å². The van der Waals surface area contributed by atoms with Crippen molar-refractivity contribution in [1.82, 2.24) is 15.2 Å². The molecule has 2 aromatic heterocycles. The molecule has 3 N–H and O–H groups in total. The van der Waals surface area contributed by atoms with Gasteiger partial charge in [0.15, 0.2) is 0 Å². The minimum absolute atomic E-state index is 0.458. The molecular weight excluding hydrogens is 256 g/mol. The summed E-state index contributed by atoms with van der Waals surface area (Å²) in [5.74, 6) is 0. The Hall–Kier alpha value is -2.27. The van der Waals surface area contributed by atoms with Gasteiger partial charge in [0, 0.05) is 35.5 Å². The highest BCUT2D eigenvalue weighted by Crippen LogP contribution is 2.28.